The summed E-state index contributed by atoms with van der Waals surface area (Å²) < 4.78 is 13.8. The van der Waals surface area contributed by atoms with E-state index in [0.29, 0.717) is 16.9 Å². The SMILES string of the molecule is CN(C(=O)CN1C(=O)[C@](O)(c2cccc(F)c2)c2ccccc21)c1ccccc1. The van der Waals surface area contributed by atoms with E-state index in [0.717, 1.165) is 6.07 Å². The average molecular weight is 390 g/mol. The van der Waals surface area contributed by atoms with Crippen LogP contribution in [0.3, 0.4) is 0 Å². The normalized spacial score (nSPS) is 17.9. The minimum Gasteiger partial charge on any atom is -0.372 e. The molecule has 0 unspecified atom stereocenters. The molecule has 2 amide bonds. The summed E-state index contributed by atoms with van der Waals surface area (Å²) >= 11 is 0. The lowest BCUT2D eigenvalue weighted by atomic mass is 9.87. The van der Waals surface area contributed by atoms with Gasteiger partial charge in [0.15, 0.2) is 5.60 Å². The van der Waals surface area contributed by atoms with E-state index in [1.54, 1.807) is 43.4 Å². The highest BCUT2D eigenvalue weighted by molar-refractivity contribution is 6.12. The van der Waals surface area contributed by atoms with Crippen LogP contribution in [0, 0.1) is 5.82 Å². The van der Waals surface area contributed by atoms with Crippen LogP contribution in [-0.2, 0) is 15.2 Å². The Morgan fingerprint density at radius 2 is 1.72 bits per heavy atom. The number of hydrogen-bond acceptors (Lipinski definition) is 3. The third-order valence-corrected chi connectivity index (χ3v) is 5.19. The lowest BCUT2D eigenvalue weighted by molar-refractivity contribution is -0.133. The standard InChI is InChI=1S/C23H19FN2O3/c1-25(18-10-3-2-4-11-18)21(27)15-26-20-13-6-5-12-19(20)23(29,22(26)28)16-8-7-9-17(24)14-16/h2-14,29H,15H2,1H3/t23-/m0/s1. The molecule has 0 fully saturated rings. The van der Waals surface area contributed by atoms with Gasteiger partial charge in [0.05, 0.1) is 5.69 Å². The van der Waals surface area contributed by atoms with E-state index in [1.165, 1.54) is 28.0 Å². The molecule has 1 aliphatic rings. The number of aliphatic hydroxyl groups is 1. The fourth-order valence-corrected chi connectivity index (χ4v) is 3.62. The second-order valence-electron chi connectivity index (χ2n) is 6.92. The number of fused-ring (bicyclic) bond motifs is 1. The van der Waals surface area contributed by atoms with Gasteiger partial charge >= 0.3 is 0 Å². The zero-order chi connectivity index (χ0) is 20.6. The van der Waals surface area contributed by atoms with Gasteiger partial charge in [0.1, 0.15) is 12.4 Å². The maximum absolute atomic E-state index is 13.8. The number of para-hydroxylation sites is 2. The molecule has 0 saturated carbocycles. The first-order valence-corrected chi connectivity index (χ1v) is 9.14. The van der Waals surface area contributed by atoms with Gasteiger partial charge < -0.3 is 10.0 Å². The van der Waals surface area contributed by atoms with Gasteiger partial charge in [0.25, 0.3) is 5.91 Å². The van der Waals surface area contributed by atoms with Crippen molar-refractivity contribution in [3.8, 4) is 0 Å². The van der Waals surface area contributed by atoms with E-state index in [1.807, 2.05) is 18.2 Å². The number of likely N-dealkylation sites (N-methyl/N-ethyl adjacent to an activating group) is 1. The Kier molecular flexibility index (Phi) is 4.64. The van der Waals surface area contributed by atoms with Crippen LogP contribution in [-0.4, -0.2) is 30.5 Å². The largest absolute Gasteiger partial charge is 0.372 e. The van der Waals surface area contributed by atoms with Crippen molar-refractivity contribution in [2.45, 2.75) is 5.60 Å². The Bertz CT molecular complexity index is 1090. The van der Waals surface area contributed by atoms with Gasteiger partial charge in [-0.3, -0.25) is 14.5 Å². The van der Waals surface area contributed by atoms with Crippen molar-refractivity contribution < 1.29 is 19.1 Å². The predicted molar refractivity (Wildman–Crippen MR) is 108 cm³/mol. The van der Waals surface area contributed by atoms with Crippen molar-refractivity contribution in [2.24, 2.45) is 0 Å². The number of carbonyl (C=O) groups excluding carboxylic acids is 2. The van der Waals surface area contributed by atoms with Crippen molar-refractivity contribution in [2.75, 3.05) is 23.4 Å². The van der Waals surface area contributed by atoms with E-state index in [4.69, 9.17) is 0 Å². The molecular weight excluding hydrogens is 371 g/mol. The molecule has 0 radical (unpaired) electrons. The molecular formula is C23H19FN2O3. The van der Waals surface area contributed by atoms with Crippen LogP contribution in [0.4, 0.5) is 15.8 Å². The Balaban J connectivity index is 1.71. The Hall–Kier alpha value is -3.51. The summed E-state index contributed by atoms with van der Waals surface area (Å²) in [4.78, 5) is 28.8. The number of benzene rings is 3. The molecule has 1 aliphatic heterocycles. The maximum Gasteiger partial charge on any atom is 0.268 e. The zero-order valence-corrected chi connectivity index (χ0v) is 15.7. The van der Waals surface area contributed by atoms with Gasteiger partial charge in [-0.1, -0.05) is 48.5 Å². The van der Waals surface area contributed by atoms with E-state index in [2.05, 4.69) is 0 Å². The van der Waals surface area contributed by atoms with Crippen molar-refractivity contribution in [1.29, 1.82) is 0 Å². The number of anilines is 2. The third-order valence-electron chi connectivity index (χ3n) is 5.19. The number of hydrogen-bond donors (Lipinski definition) is 1. The van der Waals surface area contributed by atoms with Gasteiger partial charge in [-0.25, -0.2) is 4.39 Å². The Morgan fingerprint density at radius 3 is 2.45 bits per heavy atom. The Morgan fingerprint density at radius 1 is 1.03 bits per heavy atom. The second kappa shape index (κ2) is 7.14. The summed E-state index contributed by atoms with van der Waals surface area (Å²) in [6, 6.07) is 21.1. The highest BCUT2D eigenvalue weighted by atomic mass is 19.1. The minimum absolute atomic E-state index is 0.126. The van der Waals surface area contributed by atoms with Gasteiger partial charge in [-0.2, -0.15) is 0 Å². The van der Waals surface area contributed by atoms with Crippen LogP contribution in [0.5, 0.6) is 0 Å². The second-order valence-corrected chi connectivity index (χ2v) is 6.92. The third kappa shape index (κ3) is 3.07. The molecule has 4 rings (SSSR count). The Labute approximate surface area is 167 Å². The van der Waals surface area contributed by atoms with Crippen LogP contribution < -0.4 is 9.80 Å². The van der Waals surface area contributed by atoms with E-state index in [9.17, 15) is 19.1 Å². The van der Waals surface area contributed by atoms with Crippen molar-refractivity contribution in [3.05, 3.63) is 95.8 Å². The molecule has 1 N–H and O–H groups in total. The molecule has 6 heteroatoms. The predicted octanol–water partition coefficient (Wildman–Crippen LogP) is 3.07. The molecule has 1 heterocycles. The first-order valence-electron chi connectivity index (χ1n) is 9.14. The molecule has 3 aromatic carbocycles. The number of carbonyl (C=O) groups is 2. The van der Waals surface area contributed by atoms with Crippen LogP contribution >= 0.6 is 0 Å². The molecule has 0 saturated heterocycles. The first-order chi connectivity index (χ1) is 13.9. The van der Waals surface area contributed by atoms with Crippen molar-refractivity contribution >= 4 is 23.2 Å². The van der Waals surface area contributed by atoms with Crippen LogP contribution in [0.1, 0.15) is 11.1 Å². The summed E-state index contributed by atoms with van der Waals surface area (Å²) in [5.41, 5.74) is -0.478. The topological polar surface area (TPSA) is 60.9 Å². The molecule has 0 bridgehead atoms. The fourth-order valence-electron chi connectivity index (χ4n) is 3.62. The lowest BCUT2D eigenvalue weighted by Gasteiger charge is -2.25. The molecule has 146 valence electrons. The molecule has 0 aromatic heterocycles. The number of halogens is 1. The number of rotatable bonds is 4. The summed E-state index contributed by atoms with van der Waals surface area (Å²) in [5, 5.41) is 11.4. The monoisotopic (exact) mass is 390 g/mol. The fraction of sp³-hybridized carbons (Fsp3) is 0.130. The molecule has 0 aliphatic carbocycles. The minimum atomic E-state index is -2.05. The summed E-state index contributed by atoms with van der Waals surface area (Å²) in [6.45, 7) is -0.251. The number of nitrogens with zero attached hydrogens (tertiary/aromatic N) is 2. The quantitative estimate of drug-likeness (QED) is 0.745. The molecule has 29 heavy (non-hydrogen) atoms. The zero-order valence-electron chi connectivity index (χ0n) is 15.7. The molecule has 5 nitrogen and oxygen atoms in total. The van der Waals surface area contributed by atoms with Gasteiger partial charge in [0, 0.05) is 23.9 Å². The van der Waals surface area contributed by atoms with Gasteiger partial charge in [-0.15, -0.1) is 0 Å². The maximum atomic E-state index is 13.8. The summed E-state index contributed by atoms with van der Waals surface area (Å²) in [7, 11) is 1.63. The molecule has 3 aromatic rings. The van der Waals surface area contributed by atoms with E-state index in [-0.39, 0.29) is 18.0 Å². The van der Waals surface area contributed by atoms with Crippen molar-refractivity contribution in [1.82, 2.24) is 0 Å². The van der Waals surface area contributed by atoms with E-state index >= 15 is 0 Å². The first kappa shape index (κ1) is 18.8. The highest BCUT2D eigenvalue weighted by Crippen LogP contribution is 2.44. The number of amides is 2. The van der Waals surface area contributed by atoms with Crippen LogP contribution in [0.25, 0.3) is 0 Å². The van der Waals surface area contributed by atoms with Gasteiger partial charge in [0.2, 0.25) is 5.91 Å². The van der Waals surface area contributed by atoms with Crippen LogP contribution in [0.2, 0.25) is 0 Å². The summed E-state index contributed by atoms with van der Waals surface area (Å²) in [6.07, 6.45) is 0. The summed E-state index contributed by atoms with van der Waals surface area (Å²) in [5.74, 6) is -1.55. The van der Waals surface area contributed by atoms with Gasteiger partial charge in [-0.05, 0) is 30.3 Å². The molecule has 0 spiro atoms. The van der Waals surface area contributed by atoms with Crippen molar-refractivity contribution in [3.63, 3.8) is 0 Å². The highest BCUT2D eigenvalue weighted by Gasteiger charge is 2.51. The van der Waals surface area contributed by atoms with E-state index < -0.39 is 17.3 Å². The molecule has 1 atom stereocenters. The lowest BCUT2D eigenvalue weighted by Crippen LogP contribution is -2.45. The van der Waals surface area contributed by atoms with Crippen LogP contribution in [0.15, 0.2) is 78.9 Å². The average Bonchev–Trinajstić information content (AvgIpc) is 2.97. The smallest absolute Gasteiger partial charge is 0.268 e.